The van der Waals surface area contributed by atoms with Gasteiger partial charge in [-0.3, -0.25) is 0 Å². The quantitative estimate of drug-likeness (QED) is 0.581. The second-order valence-electron chi connectivity index (χ2n) is 7.18. The molecule has 3 rings (SSSR count). The number of hydrogen-bond acceptors (Lipinski definition) is 5. The molecule has 0 bridgehead atoms. The first-order valence-corrected chi connectivity index (χ1v) is 9.64. The highest BCUT2D eigenvalue weighted by molar-refractivity contribution is 5.98. The minimum absolute atomic E-state index is 0.340. The van der Waals surface area contributed by atoms with Crippen LogP contribution in [0.15, 0.2) is 41.7 Å². The van der Waals surface area contributed by atoms with E-state index in [1.54, 1.807) is 12.4 Å². The Labute approximate surface area is 161 Å². The summed E-state index contributed by atoms with van der Waals surface area (Å²) in [6, 6.07) is 8.92. The molecule has 1 aliphatic rings. The van der Waals surface area contributed by atoms with Gasteiger partial charge in [-0.05, 0) is 51.7 Å². The Kier molecular flexibility index (Phi) is 6.06. The van der Waals surface area contributed by atoms with Gasteiger partial charge in [0, 0.05) is 31.6 Å². The maximum atomic E-state index is 5.69. The highest BCUT2D eigenvalue weighted by atomic mass is 16.5. The fourth-order valence-electron chi connectivity index (χ4n) is 3.40. The number of rotatable bonds is 7. The van der Waals surface area contributed by atoms with Gasteiger partial charge in [0.25, 0.3) is 0 Å². The number of aromatic nitrogens is 2. The molecule has 27 heavy (non-hydrogen) atoms. The number of benzene rings is 1. The number of aliphatic imine (C=N–C) groups is 1. The second-order valence-corrected chi connectivity index (χ2v) is 7.18. The number of hydrogen-bond donors (Lipinski definition) is 2. The summed E-state index contributed by atoms with van der Waals surface area (Å²) in [5, 5.41) is 6.73. The van der Waals surface area contributed by atoms with Crippen molar-refractivity contribution in [3.05, 3.63) is 53.3 Å². The molecule has 2 aromatic rings. The van der Waals surface area contributed by atoms with Gasteiger partial charge in [0.05, 0.1) is 5.56 Å². The van der Waals surface area contributed by atoms with E-state index in [9.17, 15) is 0 Å². The minimum Gasteiger partial charge on any atom is -0.370 e. The van der Waals surface area contributed by atoms with Crippen molar-refractivity contribution in [1.29, 1.82) is 0 Å². The number of amidine groups is 1. The molecule has 1 aromatic carbocycles. The molecule has 144 valence electrons. The van der Waals surface area contributed by atoms with Gasteiger partial charge in [-0.1, -0.05) is 24.3 Å². The van der Waals surface area contributed by atoms with Crippen LogP contribution in [0.3, 0.4) is 0 Å². The first kappa shape index (κ1) is 19.3. The van der Waals surface area contributed by atoms with Crippen molar-refractivity contribution in [2.24, 2.45) is 4.99 Å². The summed E-state index contributed by atoms with van der Waals surface area (Å²) < 4.78 is 5.69. The van der Waals surface area contributed by atoms with Gasteiger partial charge in [-0.15, -0.1) is 0 Å². The molecule has 0 spiro atoms. The Morgan fingerprint density at radius 1 is 1.15 bits per heavy atom. The Hall–Kier alpha value is -2.47. The number of nitrogens with zero attached hydrogens (tertiary/aromatic N) is 3. The zero-order valence-electron chi connectivity index (χ0n) is 16.6. The van der Waals surface area contributed by atoms with Crippen LogP contribution in [0, 0.1) is 0 Å². The maximum Gasteiger partial charge on any atom is 0.222 e. The number of ether oxygens (including phenoxy) is 1. The molecule has 0 radical (unpaired) electrons. The van der Waals surface area contributed by atoms with Crippen LogP contribution in [0.25, 0.3) is 0 Å². The third-order valence-electron chi connectivity index (χ3n) is 4.53. The summed E-state index contributed by atoms with van der Waals surface area (Å²) in [6.07, 6.45) is 5.63. The van der Waals surface area contributed by atoms with Crippen LogP contribution >= 0.6 is 0 Å². The zero-order valence-corrected chi connectivity index (χ0v) is 16.6. The van der Waals surface area contributed by atoms with Gasteiger partial charge >= 0.3 is 0 Å². The molecule has 6 heteroatoms. The first-order valence-electron chi connectivity index (χ1n) is 9.64. The largest absolute Gasteiger partial charge is 0.370 e. The van der Waals surface area contributed by atoms with Crippen molar-refractivity contribution in [2.45, 2.75) is 52.3 Å². The molecular weight excluding hydrogens is 338 g/mol. The lowest BCUT2D eigenvalue weighted by Gasteiger charge is -2.22. The van der Waals surface area contributed by atoms with E-state index in [0.29, 0.717) is 18.6 Å². The van der Waals surface area contributed by atoms with Crippen molar-refractivity contribution < 1.29 is 4.74 Å². The van der Waals surface area contributed by atoms with E-state index in [1.807, 2.05) is 27.7 Å². The highest BCUT2D eigenvalue weighted by Gasteiger charge is 2.22. The molecule has 2 N–H and O–H groups in total. The van der Waals surface area contributed by atoms with Gasteiger partial charge in [0.15, 0.2) is 5.72 Å². The standard InChI is InChI=1S/C21H29N5O/c1-5-22-19(26-21(3,4)27-6-2)17-13-23-20(24-14-17)25-18-11-15-9-7-8-10-16(15)12-18/h7-10,13-14,18H,5-6,11-12H2,1-4H3,(H,22,26)(H,23,24,25). The Morgan fingerprint density at radius 2 is 1.78 bits per heavy atom. The van der Waals surface area contributed by atoms with Crippen LogP contribution in [0.1, 0.15) is 44.4 Å². The van der Waals surface area contributed by atoms with E-state index in [-0.39, 0.29) is 0 Å². The van der Waals surface area contributed by atoms with E-state index in [2.05, 4.69) is 44.9 Å². The van der Waals surface area contributed by atoms with Gasteiger partial charge in [-0.25, -0.2) is 15.0 Å². The van der Waals surface area contributed by atoms with E-state index >= 15 is 0 Å². The van der Waals surface area contributed by atoms with E-state index < -0.39 is 5.72 Å². The third-order valence-corrected chi connectivity index (χ3v) is 4.53. The molecule has 1 heterocycles. The SMILES string of the molecule is CCN/C(=N\C(C)(C)OCC)c1cnc(NC2Cc3ccccc3C2)nc1. The summed E-state index contributed by atoms with van der Waals surface area (Å²) in [6.45, 7) is 9.28. The molecule has 0 unspecified atom stereocenters. The van der Waals surface area contributed by atoms with Crippen LogP contribution in [-0.4, -0.2) is 40.7 Å². The van der Waals surface area contributed by atoms with Crippen molar-refractivity contribution >= 4 is 11.8 Å². The molecule has 0 saturated heterocycles. The van der Waals surface area contributed by atoms with Crippen LogP contribution in [0.5, 0.6) is 0 Å². The molecule has 0 amide bonds. The van der Waals surface area contributed by atoms with Crippen LogP contribution < -0.4 is 10.6 Å². The summed E-state index contributed by atoms with van der Waals surface area (Å²) in [5.74, 6) is 1.40. The molecular formula is C21H29N5O. The van der Waals surface area contributed by atoms with Gasteiger partial charge in [0.1, 0.15) is 5.84 Å². The summed E-state index contributed by atoms with van der Waals surface area (Å²) in [4.78, 5) is 13.7. The van der Waals surface area contributed by atoms with E-state index in [4.69, 9.17) is 9.73 Å². The molecule has 6 nitrogen and oxygen atoms in total. The first-order chi connectivity index (χ1) is 13.0. The molecule has 1 aliphatic carbocycles. The summed E-state index contributed by atoms with van der Waals surface area (Å²) >= 11 is 0. The van der Waals surface area contributed by atoms with Gasteiger partial charge < -0.3 is 15.4 Å². The second kappa shape index (κ2) is 8.48. The lowest BCUT2D eigenvalue weighted by molar-refractivity contribution is -0.00264. The van der Waals surface area contributed by atoms with E-state index in [0.717, 1.165) is 30.8 Å². The lowest BCUT2D eigenvalue weighted by Crippen LogP contribution is -2.31. The number of anilines is 1. The van der Waals surface area contributed by atoms with Crippen molar-refractivity contribution in [1.82, 2.24) is 15.3 Å². The highest BCUT2D eigenvalue weighted by Crippen LogP contribution is 2.23. The molecule has 0 saturated carbocycles. The van der Waals surface area contributed by atoms with Gasteiger partial charge in [-0.2, -0.15) is 0 Å². The Morgan fingerprint density at radius 3 is 2.33 bits per heavy atom. The zero-order chi connectivity index (χ0) is 19.3. The monoisotopic (exact) mass is 367 g/mol. The summed E-state index contributed by atoms with van der Waals surface area (Å²) in [7, 11) is 0. The predicted molar refractivity (Wildman–Crippen MR) is 109 cm³/mol. The average molecular weight is 367 g/mol. The molecule has 0 fully saturated rings. The minimum atomic E-state index is -0.598. The Bertz CT molecular complexity index is 760. The van der Waals surface area contributed by atoms with Crippen LogP contribution in [0.2, 0.25) is 0 Å². The van der Waals surface area contributed by atoms with Crippen molar-refractivity contribution in [3.8, 4) is 0 Å². The fraction of sp³-hybridized carbons (Fsp3) is 0.476. The molecule has 1 aromatic heterocycles. The normalized spacial score (nSPS) is 14.9. The molecule has 0 atom stereocenters. The fourth-order valence-corrected chi connectivity index (χ4v) is 3.40. The maximum absolute atomic E-state index is 5.69. The van der Waals surface area contributed by atoms with Crippen LogP contribution in [0.4, 0.5) is 5.95 Å². The number of fused-ring (bicyclic) bond motifs is 1. The van der Waals surface area contributed by atoms with Crippen molar-refractivity contribution in [3.63, 3.8) is 0 Å². The third kappa shape index (κ3) is 5.04. The predicted octanol–water partition coefficient (Wildman–Crippen LogP) is 3.18. The van der Waals surface area contributed by atoms with E-state index in [1.165, 1.54) is 11.1 Å². The van der Waals surface area contributed by atoms with Crippen LogP contribution in [-0.2, 0) is 17.6 Å². The average Bonchev–Trinajstić information content (AvgIpc) is 3.04. The molecule has 0 aliphatic heterocycles. The Balaban J connectivity index is 1.69. The van der Waals surface area contributed by atoms with Gasteiger partial charge in [0.2, 0.25) is 5.95 Å². The smallest absolute Gasteiger partial charge is 0.222 e. The topological polar surface area (TPSA) is 71.4 Å². The summed E-state index contributed by atoms with van der Waals surface area (Å²) in [5.41, 5.74) is 3.07. The lowest BCUT2D eigenvalue weighted by atomic mass is 10.1. The number of nitrogens with one attached hydrogen (secondary N) is 2. The van der Waals surface area contributed by atoms with Crippen molar-refractivity contribution in [2.75, 3.05) is 18.5 Å².